The van der Waals surface area contributed by atoms with E-state index in [9.17, 15) is 22.8 Å². The Kier molecular flexibility index (Phi) is 7.11. The fraction of sp³-hybridized carbons (Fsp3) is 0.400. The molecule has 35 heavy (non-hydrogen) atoms. The van der Waals surface area contributed by atoms with E-state index in [-0.39, 0.29) is 29.0 Å². The number of nitrogens with zero attached hydrogens (tertiary/aromatic N) is 2. The molecule has 0 spiro atoms. The number of carbonyl (C=O) groups is 3. The molecule has 0 bridgehead atoms. The van der Waals surface area contributed by atoms with Gasteiger partial charge in [0.05, 0.1) is 12.7 Å². The van der Waals surface area contributed by atoms with Gasteiger partial charge in [-0.2, -0.15) is 0 Å². The van der Waals surface area contributed by atoms with Gasteiger partial charge in [-0.1, -0.05) is 37.1 Å². The van der Waals surface area contributed by atoms with Crippen LogP contribution in [-0.4, -0.2) is 61.1 Å². The summed E-state index contributed by atoms with van der Waals surface area (Å²) >= 11 is 0. The SMILES string of the molecule is COc1ccc(CN(C(=O)CN2C(=O)c3ccccc3S2(=O)=O)C(C)C(=O)NC2CCCC2)cc1. The lowest BCUT2D eigenvalue weighted by Crippen LogP contribution is -2.52. The minimum Gasteiger partial charge on any atom is -0.497 e. The van der Waals surface area contributed by atoms with Crippen molar-refractivity contribution >= 4 is 27.7 Å². The summed E-state index contributed by atoms with van der Waals surface area (Å²) in [4.78, 5) is 40.5. The summed E-state index contributed by atoms with van der Waals surface area (Å²) in [5, 5.41) is 3.00. The molecule has 0 radical (unpaired) electrons. The van der Waals surface area contributed by atoms with Crippen LogP contribution in [0.25, 0.3) is 0 Å². The van der Waals surface area contributed by atoms with Crippen LogP contribution in [0.2, 0.25) is 0 Å². The normalized spacial score (nSPS) is 17.7. The summed E-state index contributed by atoms with van der Waals surface area (Å²) in [7, 11) is -2.60. The van der Waals surface area contributed by atoms with Crippen LogP contribution in [0.5, 0.6) is 5.75 Å². The number of hydrogen-bond donors (Lipinski definition) is 1. The molecular formula is C25H29N3O6S. The van der Waals surface area contributed by atoms with Crippen molar-refractivity contribution in [3.63, 3.8) is 0 Å². The summed E-state index contributed by atoms with van der Waals surface area (Å²) in [5.41, 5.74) is 0.771. The average molecular weight is 500 g/mol. The number of rotatable bonds is 8. The minimum atomic E-state index is -4.15. The Morgan fingerprint density at radius 3 is 2.40 bits per heavy atom. The smallest absolute Gasteiger partial charge is 0.269 e. The average Bonchev–Trinajstić information content (AvgIpc) is 3.43. The Morgan fingerprint density at radius 2 is 1.77 bits per heavy atom. The molecule has 1 N–H and O–H groups in total. The molecule has 0 saturated heterocycles. The maximum absolute atomic E-state index is 13.5. The molecule has 0 aromatic heterocycles. The number of carbonyl (C=O) groups excluding carboxylic acids is 3. The standard InChI is InChI=1S/C25H29N3O6S/c1-17(24(30)26-19-7-3-4-8-19)27(15-18-11-13-20(34-2)14-12-18)23(29)16-28-25(31)21-9-5-6-10-22(21)35(28,32)33/h5-6,9-14,17,19H,3-4,7-8,15-16H2,1-2H3,(H,26,30). The van der Waals surface area contributed by atoms with E-state index < -0.39 is 34.4 Å². The Labute approximate surface area is 205 Å². The van der Waals surface area contributed by atoms with Gasteiger partial charge in [0.2, 0.25) is 11.8 Å². The van der Waals surface area contributed by atoms with Crippen molar-refractivity contribution in [2.24, 2.45) is 0 Å². The van der Waals surface area contributed by atoms with E-state index in [2.05, 4.69) is 5.32 Å². The Hall–Kier alpha value is -3.40. The number of sulfonamides is 1. The lowest BCUT2D eigenvalue weighted by atomic mass is 10.1. The first-order valence-corrected chi connectivity index (χ1v) is 13.0. The summed E-state index contributed by atoms with van der Waals surface area (Å²) in [5.74, 6) is -1.05. The number of methoxy groups -OCH3 is 1. The molecule has 10 heteroatoms. The Balaban J connectivity index is 1.57. The van der Waals surface area contributed by atoms with Gasteiger partial charge in [-0.15, -0.1) is 0 Å². The van der Waals surface area contributed by atoms with E-state index in [1.165, 1.54) is 23.1 Å². The fourth-order valence-corrected chi connectivity index (χ4v) is 6.02. The largest absolute Gasteiger partial charge is 0.497 e. The molecule has 1 heterocycles. The highest BCUT2D eigenvalue weighted by molar-refractivity contribution is 7.90. The highest BCUT2D eigenvalue weighted by Crippen LogP contribution is 2.30. The van der Waals surface area contributed by atoms with E-state index in [0.29, 0.717) is 10.1 Å². The minimum absolute atomic E-state index is 0.0361. The van der Waals surface area contributed by atoms with Crippen LogP contribution >= 0.6 is 0 Å². The molecule has 2 aromatic rings. The Morgan fingerprint density at radius 1 is 1.11 bits per heavy atom. The number of nitrogens with one attached hydrogen (secondary N) is 1. The molecule has 1 aliphatic heterocycles. The quantitative estimate of drug-likeness (QED) is 0.596. The van der Waals surface area contributed by atoms with Crippen LogP contribution in [0.4, 0.5) is 0 Å². The van der Waals surface area contributed by atoms with Crippen LogP contribution < -0.4 is 10.1 Å². The highest BCUT2D eigenvalue weighted by atomic mass is 32.2. The van der Waals surface area contributed by atoms with Gasteiger partial charge in [-0.25, -0.2) is 12.7 Å². The highest BCUT2D eigenvalue weighted by Gasteiger charge is 2.43. The second-order valence-corrected chi connectivity index (χ2v) is 10.7. The van der Waals surface area contributed by atoms with Crippen LogP contribution in [0.15, 0.2) is 53.4 Å². The number of amides is 3. The van der Waals surface area contributed by atoms with E-state index in [1.807, 2.05) is 0 Å². The fourth-order valence-electron chi connectivity index (χ4n) is 4.50. The Bertz CT molecular complexity index is 1220. The maximum Gasteiger partial charge on any atom is 0.269 e. The van der Waals surface area contributed by atoms with Crippen LogP contribution in [0, 0.1) is 0 Å². The zero-order valence-electron chi connectivity index (χ0n) is 19.8. The lowest BCUT2D eigenvalue weighted by molar-refractivity contribution is -0.140. The third kappa shape index (κ3) is 5.02. The summed E-state index contributed by atoms with van der Waals surface area (Å²) < 4.78 is 31.7. The van der Waals surface area contributed by atoms with Crippen molar-refractivity contribution in [1.29, 1.82) is 0 Å². The van der Waals surface area contributed by atoms with Gasteiger partial charge in [-0.3, -0.25) is 14.4 Å². The van der Waals surface area contributed by atoms with Gasteiger partial charge in [0, 0.05) is 12.6 Å². The molecule has 3 amide bonds. The van der Waals surface area contributed by atoms with Crippen molar-refractivity contribution in [2.45, 2.75) is 56.1 Å². The number of fused-ring (bicyclic) bond motifs is 1. The van der Waals surface area contributed by atoms with E-state index >= 15 is 0 Å². The van der Waals surface area contributed by atoms with Gasteiger partial charge < -0.3 is 15.0 Å². The number of ether oxygens (including phenoxy) is 1. The van der Waals surface area contributed by atoms with Crippen molar-refractivity contribution in [3.05, 3.63) is 59.7 Å². The number of hydrogen-bond acceptors (Lipinski definition) is 6. The molecule has 2 aliphatic rings. The lowest BCUT2D eigenvalue weighted by Gasteiger charge is -2.31. The summed E-state index contributed by atoms with van der Waals surface area (Å²) in [6.07, 6.45) is 3.87. The van der Waals surface area contributed by atoms with Gasteiger partial charge in [0.15, 0.2) is 0 Å². The third-order valence-electron chi connectivity index (χ3n) is 6.57. The van der Waals surface area contributed by atoms with E-state index in [1.54, 1.807) is 44.4 Å². The predicted molar refractivity (Wildman–Crippen MR) is 128 cm³/mol. The molecule has 1 unspecified atom stereocenters. The monoisotopic (exact) mass is 499 g/mol. The molecule has 1 atom stereocenters. The van der Waals surface area contributed by atoms with Crippen LogP contribution in [0.1, 0.15) is 48.5 Å². The molecule has 9 nitrogen and oxygen atoms in total. The van der Waals surface area contributed by atoms with Crippen molar-refractivity contribution < 1.29 is 27.5 Å². The molecular weight excluding hydrogens is 470 g/mol. The second kappa shape index (κ2) is 10.1. The van der Waals surface area contributed by atoms with E-state index in [4.69, 9.17) is 4.74 Å². The summed E-state index contributed by atoms with van der Waals surface area (Å²) in [6, 6.07) is 12.1. The first-order valence-electron chi connectivity index (χ1n) is 11.6. The van der Waals surface area contributed by atoms with Gasteiger partial charge in [-0.05, 0) is 49.6 Å². The second-order valence-electron chi connectivity index (χ2n) is 8.85. The summed E-state index contributed by atoms with van der Waals surface area (Å²) in [6.45, 7) is 0.991. The van der Waals surface area contributed by atoms with E-state index in [0.717, 1.165) is 31.2 Å². The zero-order chi connectivity index (χ0) is 25.2. The number of benzene rings is 2. The van der Waals surface area contributed by atoms with Crippen LogP contribution in [-0.2, 0) is 26.2 Å². The van der Waals surface area contributed by atoms with Crippen LogP contribution in [0.3, 0.4) is 0 Å². The maximum atomic E-state index is 13.5. The van der Waals surface area contributed by atoms with Gasteiger partial charge in [0.25, 0.3) is 15.9 Å². The molecule has 186 valence electrons. The van der Waals surface area contributed by atoms with Crippen molar-refractivity contribution in [1.82, 2.24) is 14.5 Å². The molecule has 1 aliphatic carbocycles. The van der Waals surface area contributed by atoms with Crippen molar-refractivity contribution in [2.75, 3.05) is 13.7 Å². The third-order valence-corrected chi connectivity index (χ3v) is 8.36. The van der Waals surface area contributed by atoms with Gasteiger partial charge in [0.1, 0.15) is 23.2 Å². The first kappa shape index (κ1) is 24.7. The first-order chi connectivity index (χ1) is 16.7. The van der Waals surface area contributed by atoms with Gasteiger partial charge >= 0.3 is 0 Å². The topological polar surface area (TPSA) is 113 Å². The molecule has 1 fully saturated rings. The zero-order valence-corrected chi connectivity index (χ0v) is 20.6. The predicted octanol–water partition coefficient (Wildman–Crippen LogP) is 2.32. The molecule has 1 saturated carbocycles. The molecule has 2 aromatic carbocycles. The van der Waals surface area contributed by atoms with Crippen molar-refractivity contribution in [3.8, 4) is 5.75 Å². The molecule has 4 rings (SSSR count).